The molecule has 0 aliphatic carbocycles. The summed E-state index contributed by atoms with van der Waals surface area (Å²) < 4.78 is 0. The molecule has 20 heavy (non-hydrogen) atoms. The maximum Gasteiger partial charge on any atom is 0.0223 e. The van der Waals surface area contributed by atoms with Gasteiger partial charge >= 0.3 is 0 Å². The Balaban J connectivity index is 1.99. The highest BCUT2D eigenvalue weighted by molar-refractivity contribution is 9.09. The SMILES string of the molecule is CCCC(CBr)(CCC)CN1CCC2CCC(C1)N2C. The third-order valence-corrected chi connectivity index (χ3v) is 6.83. The third-order valence-electron chi connectivity index (χ3n) is 5.64. The largest absolute Gasteiger partial charge is 0.301 e. The molecule has 0 aromatic carbocycles. The van der Waals surface area contributed by atoms with Gasteiger partial charge < -0.3 is 4.90 Å². The number of likely N-dealkylation sites (N-methyl/N-ethyl adjacent to an activating group) is 1. The summed E-state index contributed by atoms with van der Waals surface area (Å²) in [5.41, 5.74) is 0.506. The van der Waals surface area contributed by atoms with Crippen molar-refractivity contribution in [2.24, 2.45) is 5.41 Å². The third kappa shape index (κ3) is 3.78. The molecule has 0 aromatic heterocycles. The molecule has 2 aliphatic rings. The van der Waals surface area contributed by atoms with Crippen molar-refractivity contribution in [3.05, 3.63) is 0 Å². The minimum absolute atomic E-state index is 0.506. The van der Waals surface area contributed by atoms with Gasteiger partial charge in [0.25, 0.3) is 0 Å². The molecule has 2 unspecified atom stereocenters. The molecule has 2 saturated heterocycles. The Hall–Kier alpha value is 0.400. The predicted octanol–water partition coefficient (Wildman–Crippen LogP) is 4.14. The van der Waals surface area contributed by atoms with E-state index >= 15 is 0 Å². The van der Waals surface area contributed by atoms with Crippen LogP contribution in [0.4, 0.5) is 0 Å². The van der Waals surface area contributed by atoms with E-state index in [1.165, 1.54) is 69.9 Å². The van der Waals surface area contributed by atoms with Crippen molar-refractivity contribution < 1.29 is 0 Å². The minimum atomic E-state index is 0.506. The van der Waals surface area contributed by atoms with E-state index < -0.39 is 0 Å². The number of fused-ring (bicyclic) bond motifs is 2. The van der Waals surface area contributed by atoms with Gasteiger partial charge in [-0.3, -0.25) is 4.90 Å². The Morgan fingerprint density at radius 1 is 1.05 bits per heavy atom. The number of likely N-dealkylation sites (tertiary alicyclic amines) is 1. The first-order valence-electron chi connectivity index (χ1n) is 8.64. The summed E-state index contributed by atoms with van der Waals surface area (Å²) >= 11 is 3.84. The van der Waals surface area contributed by atoms with Crippen LogP contribution in [0.15, 0.2) is 0 Å². The molecule has 2 nitrogen and oxygen atoms in total. The highest BCUT2D eigenvalue weighted by Gasteiger charge is 2.37. The van der Waals surface area contributed by atoms with Gasteiger partial charge in [0, 0.05) is 30.5 Å². The summed E-state index contributed by atoms with van der Waals surface area (Å²) in [6.45, 7) is 8.59. The van der Waals surface area contributed by atoms with Gasteiger partial charge in [0.05, 0.1) is 0 Å². The Morgan fingerprint density at radius 3 is 2.30 bits per heavy atom. The second-order valence-electron chi connectivity index (χ2n) is 7.21. The average Bonchev–Trinajstić information content (AvgIpc) is 2.67. The molecule has 0 aromatic rings. The molecule has 0 saturated carbocycles. The van der Waals surface area contributed by atoms with Gasteiger partial charge in [0.2, 0.25) is 0 Å². The highest BCUT2D eigenvalue weighted by Crippen LogP contribution is 2.35. The first-order chi connectivity index (χ1) is 9.64. The van der Waals surface area contributed by atoms with E-state index in [4.69, 9.17) is 0 Å². The second kappa shape index (κ2) is 7.60. The molecule has 2 fully saturated rings. The van der Waals surface area contributed by atoms with E-state index in [2.05, 4.69) is 46.6 Å². The smallest absolute Gasteiger partial charge is 0.0223 e. The molecule has 2 rings (SSSR count). The number of halogens is 1. The first kappa shape index (κ1) is 16.8. The molecule has 2 bridgehead atoms. The molecule has 0 amide bonds. The van der Waals surface area contributed by atoms with Crippen molar-refractivity contribution in [3.8, 4) is 0 Å². The second-order valence-corrected chi connectivity index (χ2v) is 7.77. The van der Waals surface area contributed by atoms with Crippen LogP contribution in [-0.4, -0.2) is 53.9 Å². The van der Waals surface area contributed by atoms with Crippen molar-refractivity contribution in [2.75, 3.05) is 32.0 Å². The summed E-state index contributed by atoms with van der Waals surface area (Å²) in [5.74, 6) is 0. The molecule has 3 heteroatoms. The summed E-state index contributed by atoms with van der Waals surface area (Å²) in [7, 11) is 2.35. The fourth-order valence-corrected chi connectivity index (χ4v) is 5.25. The number of hydrogen-bond donors (Lipinski definition) is 0. The summed E-state index contributed by atoms with van der Waals surface area (Å²) in [5, 5.41) is 1.17. The topological polar surface area (TPSA) is 6.48 Å². The molecular formula is C17H33BrN2. The monoisotopic (exact) mass is 344 g/mol. The van der Waals surface area contributed by atoms with Crippen molar-refractivity contribution in [1.29, 1.82) is 0 Å². The van der Waals surface area contributed by atoms with Crippen LogP contribution in [-0.2, 0) is 0 Å². The Labute approximate surface area is 134 Å². The molecule has 0 spiro atoms. The van der Waals surface area contributed by atoms with Crippen LogP contribution in [0.3, 0.4) is 0 Å². The lowest BCUT2D eigenvalue weighted by atomic mass is 9.80. The first-order valence-corrected chi connectivity index (χ1v) is 9.76. The minimum Gasteiger partial charge on any atom is -0.301 e. The molecular weight excluding hydrogens is 312 g/mol. The number of rotatable bonds is 7. The van der Waals surface area contributed by atoms with E-state index in [1.807, 2.05) is 0 Å². The van der Waals surface area contributed by atoms with Gasteiger partial charge in [-0.2, -0.15) is 0 Å². The number of hydrogen-bond acceptors (Lipinski definition) is 2. The fourth-order valence-electron chi connectivity index (χ4n) is 4.52. The standard InChI is InChI=1S/C17H33BrN2/c1-4-9-17(13-18,10-5-2)14-20-11-8-15-6-7-16(12-20)19(15)3/h15-16H,4-14H2,1-3H3. The normalized spacial score (nSPS) is 28.8. The van der Waals surface area contributed by atoms with Crippen molar-refractivity contribution >= 4 is 15.9 Å². The zero-order valence-corrected chi connectivity index (χ0v) is 15.3. The van der Waals surface area contributed by atoms with E-state index in [9.17, 15) is 0 Å². The van der Waals surface area contributed by atoms with Gasteiger partial charge in [0.1, 0.15) is 0 Å². The van der Waals surface area contributed by atoms with Crippen LogP contribution in [0.5, 0.6) is 0 Å². The van der Waals surface area contributed by atoms with Gasteiger partial charge in [0.15, 0.2) is 0 Å². The lowest BCUT2D eigenvalue weighted by Crippen LogP contribution is -2.43. The van der Waals surface area contributed by atoms with E-state index in [0.717, 1.165) is 12.1 Å². The van der Waals surface area contributed by atoms with Gasteiger partial charge in [-0.15, -0.1) is 0 Å². The van der Waals surface area contributed by atoms with Crippen LogP contribution < -0.4 is 0 Å². The summed E-state index contributed by atoms with van der Waals surface area (Å²) in [6, 6.07) is 1.68. The van der Waals surface area contributed by atoms with Crippen molar-refractivity contribution in [1.82, 2.24) is 9.80 Å². The number of alkyl halides is 1. The Bertz CT molecular complexity index is 289. The van der Waals surface area contributed by atoms with Gasteiger partial charge in [-0.1, -0.05) is 42.6 Å². The van der Waals surface area contributed by atoms with Crippen LogP contribution in [0.25, 0.3) is 0 Å². The maximum absolute atomic E-state index is 3.84. The van der Waals surface area contributed by atoms with Crippen molar-refractivity contribution in [3.63, 3.8) is 0 Å². The van der Waals surface area contributed by atoms with E-state index in [0.29, 0.717) is 5.41 Å². The Kier molecular flexibility index (Phi) is 6.37. The lowest BCUT2D eigenvalue weighted by Gasteiger charge is -2.38. The quantitative estimate of drug-likeness (QED) is 0.640. The van der Waals surface area contributed by atoms with Crippen LogP contribution >= 0.6 is 15.9 Å². The summed E-state index contributed by atoms with van der Waals surface area (Å²) in [4.78, 5) is 5.45. The number of nitrogens with zero attached hydrogens (tertiary/aromatic N) is 2. The molecule has 0 radical (unpaired) electrons. The van der Waals surface area contributed by atoms with Crippen LogP contribution in [0.1, 0.15) is 58.8 Å². The molecule has 2 atom stereocenters. The van der Waals surface area contributed by atoms with Crippen LogP contribution in [0, 0.1) is 5.41 Å². The Morgan fingerprint density at radius 2 is 1.70 bits per heavy atom. The van der Waals surface area contributed by atoms with Gasteiger partial charge in [-0.05, 0) is 51.1 Å². The van der Waals surface area contributed by atoms with Gasteiger partial charge in [-0.25, -0.2) is 0 Å². The predicted molar refractivity (Wildman–Crippen MR) is 91.7 cm³/mol. The van der Waals surface area contributed by atoms with E-state index in [1.54, 1.807) is 0 Å². The molecule has 2 aliphatic heterocycles. The van der Waals surface area contributed by atoms with Crippen LogP contribution in [0.2, 0.25) is 0 Å². The summed E-state index contributed by atoms with van der Waals surface area (Å²) in [6.07, 6.45) is 9.59. The zero-order valence-electron chi connectivity index (χ0n) is 13.7. The fraction of sp³-hybridized carbons (Fsp3) is 1.00. The maximum atomic E-state index is 3.84. The highest BCUT2D eigenvalue weighted by atomic mass is 79.9. The van der Waals surface area contributed by atoms with Crippen molar-refractivity contribution in [2.45, 2.75) is 70.9 Å². The molecule has 2 heterocycles. The zero-order chi connectivity index (χ0) is 14.6. The molecule has 0 N–H and O–H groups in total. The molecule has 118 valence electrons. The average molecular weight is 345 g/mol. The lowest BCUT2D eigenvalue weighted by molar-refractivity contribution is 0.135. The van der Waals surface area contributed by atoms with E-state index in [-0.39, 0.29) is 0 Å².